The number of pyridine rings is 1. The maximum Gasteiger partial charge on any atom is 0.255 e. The topological polar surface area (TPSA) is 88.9 Å². The van der Waals surface area contributed by atoms with Crippen molar-refractivity contribution in [1.29, 1.82) is 0 Å². The average molecular weight is 391 g/mol. The molecule has 1 aromatic carbocycles. The zero-order chi connectivity index (χ0) is 20.6. The fourth-order valence-electron chi connectivity index (χ4n) is 3.07. The minimum atomic E-state index is -0.190. The summed E-state index contributed by atoms with van der Waals surface area (Å²) < 4.78 is 1.69. The number of hydrogen-bond donors (Lipinski definition) is 2. The molecule has 150 valence electrons. The Kier molecular flexibility index (Phi) is 6.73. The Hall–Kier alpha value is -3.48. The van der Waals surface area contributed by atoms with Crippen LogP contribution >= 0.6 is 0 Å². The van der Waals surface area contributed by atoms with Crippen LogP contribution < -0.4 is 10.6 Å². The molecule has 0 radical (unpaired) electrons. The fraction of sp³-hybridized carbons (Fsp3) is 0.273. The zero-order valence-electron chi connectivity index (χ0n) is 16.7. The Morgan fingerprint density at radius 3 is 2.69 bits per heavy atom. The molecule has 0 spiro atoms. The van der Waals surface area contributed by atoms with E-state index in [1.807, 2.05) is 56.3 Å². The van der Waals surface area contributed by atoms with Gasteiger partial charge >= 0.3 is 0 Å². The summed E-state index contributed by atoms with van der Waals surface area (Å²) in [5.74, 6) is 0.478. The molecule has 0 aliphatic heterocycles. The smallest absolute Gasteiger partial charge is 0.255 e. The first kappa shape index (κ1) is 20.3. The van der Waals surface area contributed by atoms with E-state index in [0.717, 1.165) is 23.4 Å². The van der Waals surface area contributed by atoms with Crippen LogP contribution in [0, 0.1) is 0 Å². The molecule has 29 heavy (non-hydrogen) atoms. The fourth-order valence-corrected chi connectivity index (χ4v) is 3.07. The van der Waals surface area contributed by atoms with Crippen LogP contribution in [-0.2, 0) is 17.8 Å². The second kappa shape index (κ2) is 9.64. The number of carbonyl (C=O) groups is 2. The molecule has 3 rings (SSSR count). The van der Waals surface area contributed by atoms with Gasteiger partial charge in [-0.1, -0.05) is 32.0 Å². The maximum atomic E-state index is 12.7. The van der Waals surface area contributed by atoms with Crippen LogP contribution in [0.2, 0.25) is 0 Å². The van der Waals surface area contributed by atoms with E-state index in [2.05, 4.69) is 20.7 Å². The lowest BCUT2D eigenvalue weighted by atomic mass is 10.1. The molecule has 0 bridgehead atoms. The van der Waals surface area contributed by atoms with E-state index in [1.165, 1.54) is 0 Å². The van der Waals surface area contributed by atoms with E-state index in [-0.39, 0.29) is 11.8 Å². The number of rotatable bonds is 8. The highest BCUT2D eigenvalue weighted by Crippen LogP contribution is 2.15. The van der Waals surface area contributed by atoms with E-state index < -0.39 is 0 Å². The molecule has 7 nitrogen and oxygen atoms in total. The SMILES string of the molecule is CCCC(=O)Nc1cccc(CNC(=O)c2cnn(-c3ccccn3)c2CC)c1. The van der Waals surface area contributed by atoms with Crippen molar-refractivity contribution >= 4 is 17.5 Å². The molecule has 2 aromatic heterocycles. The Morgan fingerprint density at radius 1 is 1.10 bits per heavy atom. The van der Waals surface area contributed by atoms with Crippen LogP contribution in [-0.4, -0.2) is 26.6 Å². The molecule has 0 unspecified atom stereocenters. The lowest BCUT2D eigenvalue weighted by Gasteiger charge is -2.09. The first-order valence-electron chi connectivity index (χ1n) is 9.77. The van der Waals surface area contributed by atoms with Gasteiger partial charge in [-0.05, 0) is 42.7 Å². The molecular weight excluding hydrogens is 366 g/mol. The number of nitrogens with zero attached hydrogens (tertiary/aromatic N) is 3. The third kappa shape index (κ3) is 5.07. The first-order valence-corrected chi connectivity index (χ1v) is 9.77. The van der Waals surface area contributed by atoms with Crippen molar-refractivity contribution in [2.45, 2.75) is 39.7 Å². The van der Waals surface area contributed by atoms with Gasteiger partial charge in [-0.25, -0.2) is 9.67 Å². The van der Waals surface area contributed by atoms with Gasteiger partial charge in [0.25, 0.3) is 5.91 Å². The van der Waals surface area contributed by atoms with Gasteiger partial charge in [0, 0.05) is 24.8 Å². The van der Waals surface area contributed by atoms with Gasteiger partial charge in [-0.3, -0.25) is 9.59 Å². The predicted molar refractivity (Wildman–Crippen MR) is 112 cm³/mol. The molecular formula is C22H25N5O2. The number of hydrogen-bond acceptors (Lipinski definition) is 4. The van der Waals surface area contributed by atoms with Gasteiger partial charge in [-0.2, -0.15) is 5.10 Å². The number of nitrogens with one attached hydrogen (secondary N) is 2. The molecule has 0 fully saturated rings. The Labute approximate surface area is 170 Å². The first-order chi connectivity index (χ1) is 14.1. The average Bonchev–Trinajstić information content (AvgIpc) is 3.17. The summed E-state index contributed by atoms with van der Waals surface area (Å²) in [7, 11) is 0. The highest BCUT2D eigenvalue weighted by atomic mass is 16.2. The van der Waals surface area contributed by atoms with Crippen molar-refractivity contribution in [2.24, 2.45) is 0 Å². The number of benzene rings is 1. The Morgan fingerprint density at radius 2 is 1.97 bits per heavy atom. The molecule has 2 heterocycles. The van der Waals surface area contributed by atoms with Gasteiger partial charge in [0.1, 0.15) is 0 Å². The Bertz CT molecular complexity index is 982. The molecule has 0 saturated carbocycles. The number of anilines is 1. The third-order valence-electron chi connectivity index (χ3n) is 4.46. The largest absolute Gasteiger partial charge is 0.348 e. The van der Waals surface area contributed by atoms with E-state index in [4.69, 9.17) is 0 Å². The second-order valence-electron chi connectivity index (χ2n) is 6.64. The molecule has 0 aliphatic carbocycles. The molecule has 0 saturated heterocycles. The van der Waals surface area contributed by atoms with Crippen molar-refractivity contribution in [3.8, 4) is 5.82 Å². The van der Waals surface area contributed by atoms with Crippen molar-refractivity contribution in [3.63, 3.8) is 0 Å². The summed E-state index contributed by atoms with van der Waals surface area (Å²) in [6.07, 6.45) is 5.21. The lowest BCUT2D eigenvalue weighted by molar-refractivity contribution is -0.116. The summed E-state index contributed by atoms with van der Waals surface area (Å²) in [6, 6.07) is 13.1. The van der Waals surface area contributed by atoms with Gasteiger partial charge in [0.05, 0.1) is 17.5 Å². The highest BCUT2D eigenvalue weighted by molar-refractivity contribution is 5.95. The Balaban J connectivity index is 1.69. The van der Waals surface area contributed by atoms with Gasteiger partial charge in [0.15, 0.2) is 5.82 Å². The minimum Gasteiger partial charge on any atom is -0.348 e. The maximum absolute atomic E-state index is 12.7. The quantitative estimate of drug-likeness (QED) is 0.615. The van der Waals surface area contributed by atoms with Gasteiger partial charge < -0.3 is 10.6 Å². The van der Waals surface area contributed by atoms with Crippen LogP contribution in [0.15, 0.2) is 54.9 Å². The summed E-state index contributed by atoms with van der Waals surface area (Å²) in [6.45, 7) is 4.30. The molecule has 2 amide bonds. The van der Waals surface area contributed by atoms with Crippen LogP contribution in [0.5, 0.6) is 0 Å². The zero-order valence-corrected chi connectivity index (χ0v) is 16.7. The van der Waals surface area contributed by atoms with E-state index in [0.29, 0.717) is 30.8 Å². The van der Waals surface area contributed by atoms with Crippen LogP contribution in [0.1, 0.15) is 48.3 Å². The standard InChI is InChI=1S/C22H25N5O2/c1-3-8-21(28)26-17-10-7-9-16(13-17)14-24-22(29)18-15-25-27(19(18)4-2)20-11-5-6-12-23-20/h5-7,9-13,15H,3-4,8,14H2,1-2H3,(H,24,29)(H,26,28). The highest BCUT2D eigenvalue weighted by Gasteiger charge is 2.17. The van der Waals surface area contributed by atoms with Crippen molar-refractivity contribution in [1.82, 2.24) is 20.1 Å². The lowest BCUT2D eigenvalue weighted by Crippen LogP contribution is -2.24. The normalized spacial score (nSPS) is 10.6. The predicted octanol–water partition coefficient (Wildman–Crippen LogP) is 3.50. The summed E-state index contributed by atoms with van der Waals surface area (Å²) >= 11 is 0. The molecule has 3 aromatic rings. The number of aromatic nitrogens is 3. The van der Waals surface area contributed by atoms with Gasteiger partial charge in [-0.15, -0.1) is 0 Å². The molecule has 0 aliphatic rings. The number of carbonyl (C=O) groups excluding carboxylic acids is 2. The van der Waals surface area contributed by atoms with Gasteiger partial charge in [0.2, 0.25) is 5.91 Å². The summed E-state index contributed by atoms with van der Waals surface area (Å²) in [5.41, 5.74) is 2.97. The van der Waals surface area contributed by atoms with Crippen LogP contribution in [0.4, 0.5) is 5.69 Å². The molecule has 0 atom stereocenters. The van der Waals surface area contributed by atoms with E-state index in [9.17, 15) is 9.59 Å². The second-order valence-corrected chi connectivity index (χ2v) is 6.64. The van der Waals surface area contributed by atoms with E-state index in [1.54, 1.807) is 17.1 Å². The summed E-state index contributed by atoms with van der Waals surface area (Å²) in [5, 5.41) is 10.1. The molecule has 2 N–H and O–H groups in total. The number of amides is 2. The van der Waals surface area contributed by atoms with Crippen molar-refractivity contribution in [3.05, 3.63) is 71.7 Å². The minimum absolute atomic E-state index is 0.0109. The summed E-state index contributed by atoms with van der Waals surface area (Å²) in [4.78, 5) is 28.8. The van der Waals surface area contributed by atoms with Crippen LogP contribution in [0.25, 0.3) is 5.82 Å². The van der Waals surface area contributed by atoms with Crippen LogP contribution in [0.3, 0.4) is 0 Å². The monoisotopic (exact) mass is 391 g/mol. The van der Waals surface area contributed by atoms with Crippen molar-refractivity contribution in [2.75, 3.05) is 5.32 Å². The third-order valence-corrected chi connectivity index (χ3v) is 4.46. The van der Waals surface area contributed by atoms with Crippen molar-refractivity contribution < 1.29 is 9.59 Å². The van der Waals surface area contributed by atoms with E-state index >= 15 is 0 Å². The molecule has 7 heteroatoms.